The molecule has 1 aromatic carbocycles. The lowest BCUT2D eigenvalue weighted by Crippen LogP contribution is -2.37. The molecule has 2 aromatic heterocycles. The monoisotopic (exact) mass is 470 g/mol. The Bertz CT molecular complexity index is 1120. The number of rotatable bonds is 7. The summed E-state index contributed by atoms with van der Waals surface area (Å²) in [5.41, 5.74) is 5.97. The first-order chi connectivity index (χ1) is 16.0. The molecule has 3 heterocycles. The van der Waals surface area contributed by atoms with Crippen molar-refractivity contribution in [2.24, 2.45) is 5.10 Å². The number of nitrogens with zero attached hydrogens (tertiary/aromatic N) is 6. The molecule has 11 heteroatoms. The molecule has 0 radical (unpaired) electrons. The van der Waals surface area contributed by atoms with Crippen LogP contribution < -0.4 is 20.5 Å². The van der Waals surface area contributed by atoms with Crippen LogP contribution in [0, 0.1) is 5.82 Å². The number of hydrazone groups is 1. The van der Waals surface area contributed by atoms with Gasteiger partial charge in [0.25, 0.3) is 0 Å². The van der Waals surface area contributed by atoms with Crippen molar-refractivity contribution in [3.05, 3.63) is 59.3 Å². The van der Waals surface area contributed by atoms with Crippen LogP contribution in [0.4, 0.5) is 33.2 Å². The molecule has 0 saturated carbocycles. The Kier molecular flexibility index (Phi) is 7.16. The van der Waals surface area contributed by atoms with E-state index in [9.17, 15) is 4.39 Å². The Labute approximate surface area is 196 Å². The molecule has 1 saturated heterocycles. The van der Waals surface area contributed by atoms with Gasteiger partial charge in [0, 0.05) is 32.9 Å². The van der Waals surface area contributed by atoms with Gasteiger partial charge in [-0.2, -0.15) is 10.1 Å². The highest BCUT2D eigenvalue weighted by atomic mass is 35.5. The molecule has 9 nitrogen and oxygen atoms in total. The molecule has 0 atom stereocenters. The molecule has 4 rings (SSSR count). The van der Waals surface area contributed by atoms with Crippen LogP contribution in [0.1, 0.15) is 5.69 Å². The van der Waals surface area contributed by atoms with Crippen LogP contribution in [-0.4, -0.2) is 61.6 Å². The summed E-state index contributed by atoms with van der Waals surface area (Å²) in [4.78, 5) is 16.3. The van der Waals surface area contributed by atoms with Crippen molar-refractivity contribution in [3.63, 3.8) is 0 Å². The van der Waals surface area contributed by atoms with E-state index in [1.54, 1.807) is 6.20 Å². The third kappa shape index (κ3) is 5.85. The van der Waals surface area contributed by atoms with Gasteiger partial charge in [-0.25, -0.2) is 14.8 Å². The maximum absolute atomic E-state index is 14.1. The molecule has 172 valence electrons. The van der Waals surface area contributed by atoms with Gasteiger partial charge in [0.2, 0.25) is 5.95 Å². The number of ether oxygens (including phenoxy) is 1. The lowest BCUT2D eigenvalue weighted by atomic mass is 10.2. The lowest BCUT2D eigenvalue weighted by molar-refractivity contribution is 0.122. The van der Waals surface area contributed by atoms with E-state index in [1.807, 2.05) is 54.2 Å². The maximum atomic E-state index is 14.1. The Hall–Kier alpha value is -3.50. The van der Waals surface area contributed by atoms with Gasteiger partial charge in [-0.05, 0) is 30.3 Å². The molecule has 0 spiro atoms. The third-order valence-electron chi connectivity index (χ3n) is 4.90. The van der Waals surface area contributed by atoms with Crippen LogP contribution >= 0.6 is 11.6 Å². The first-order valence-corrected chi connectivity index (χ1v) is 10.7. The molecule has 1 aliphatic rings. The molecule has 2 N–H and O–H groups in total. The standard InChI is InChI=1S/C22H24ClFN8O/c1-31(2)20-6-5-15(11-18(20)23)28-17-4-3-16(25-12-17)13-27-30-22-26-14-19(24)21(29-22)32-7-9-33-10-8-32/h3-6,11-14,28H,7-10H2,1-2H3,(H,26,29,30)/b27-13+. The summed E-state index contributed by atoms with van der Waals surface area (Å²) in [7, 11) is 3.89. The molecule has 3 aromatic rings. The second kappa shape index (κ2) is 10.4. The van der Waals surface area contributed by atoms with Gasteiger partial charge < -0.3 is 19.9 Å². The fourth-order valence-corrected chi connectivity index (χ4v) is 3.58. The number of halogens is 2. The quantitative estimate of drug-likeness (QED) is 0.398. The Morgan fingerprint density at radius 3 is 2.61 bits per heavy atom. The zero-order chi connectivity index (χ0) is 23.2. The summed E-state index contributed by atoms with van der Waals surface area (Å²) < 4.78 is 19.4. The summed E-state index contributed by atoms with van der Waals surface area (Å²) in [5.74, 6) is -0.0439. The van der Waals surface area contributed by atoms with E-state index in [1.165, 1.54) is 6.21 Å². The van der Waals surface area contributed by atoms with E-state index >= 15 is 0 Å². The number of morpholine rings is 1. The van der Waals surface area contributed by atoms with E-state index < -0.39 is 5.82 Å². The van der Waals surface area contributed by atoms with E-state index in [-0.39, 0.29) is 11.8 Å². The van der Waals surface area contributed by atoms with Gasteiger partial charge in [-0.15, -0.1) is 0 Å². The predicted octanol–water partition coefficient (Wildman–Crippen LogP) is 3.76. The summed E-state index contributed by atoms with van der Waals surface area (Å²) >= 11 is 6.33. The van der Waals surface area contributed by atoms with E-state index in [0.29, 0.717) is 37.0 Å². The minimum absolute atomic E-state index is 0.200. The highest BCUT2D eigenvalue weighted by Gasteiger charge is 2.17. The molecule has 0 aliphatic carbocycles. The van der Waals surface area contributed by atoms with Gasteiger partial charge in [0.15, 0.2) is 11.6 Å². The fourth-order valence-electron chi connectivity index (χ4n) is 3.23. The van der Waals surface area contributed by atoms with Gasteiger partial charge in [0.1, 0.15) is 0 Å². The smallest absolute Gasteiger partial charge is 0.245 e. The fraction of sp³-hybridized carbons (Fsp3) is 0.273. The summed E-state index contributed by atoms with van der Waals surface area (Å²) in [5, 5.41) is 8.04. The van der Waals surface area contributed by atoms with Crippen LogP contribution in [0.15, 0.2) is 47.8 Å². The predicted molar refractivity (Wildman–Crippen MR) is 130 cm³/mol. The SMILES string of the molecule is CN(C)c1ccc(Nc2ccc(/C=N/Nc3ncc(F)c(N4CCOCC4)n3)nc2)cc1Cl. The normalized spacial score (nSPS) is 13.9. The average Bonchev–Trinajstić information content (AvgIpc) is 2.82. The number of hydrogen-bond acceptors (Lipinski definition) is 9. The summed E-state index contributed by atoms with van der Waals surface area (Å²) in [6.45, 7) is 2.23. The van der Waals surface area contributed by atoms with Gasteiger partial charge in [0.05, 0.1) is 53.9 Å². The van der Waals surface area contributed by atoms with Crippen LogP contribution in [0.2, 0.25) is 5.02 Å². The van der Waals surface area contributed by atoms with Gasteiger partial charge >= 0.3 is 0 Å². The second-order valence-electron chi connectivity index (χ2n) is 7.49. The lowest BCUT2D eigenvalue weighted by Gasteiger charge is -2.27. The van der Waals surface area contributed by atoms with Crippen molar-refractivity contribution >= 4 is 46.6 Å². The molecular formula is C22H24ClFN8O. The van der Waals surface area contributed by atoms with Gasteiger partial charge in [-0.1, -0.05) is 11.6 Å². The van der Waals surface area contributed by atoms with Crippen LogP contribution in [0.5, 0.6) is 0 Å². The first-order valence-electron chi connectivity index (χ1n) is 10.3. The third-order valence-corrected chi connectivity index (χ3v) is 5.20. The van der Waals surface area contributed by atoms with Crippen LogP contribution in [0.3, 0.4) is 0 Å². The van der Waals surface area contributed by atoms with Crippen molar-refractivity contribution in [2.45, 2.75) is 0 Å². The van der Waals surface area contributed by atoms with E-state index in [2.05, 4.69) is 30.8 Å². The first kappa shape index (κ1) is 22.7. The average molecular weight is 471 g/mol. The van der Waals surface area contributed by atoms with Crippen LogP contribution in [0.25, 0.3) is 0 Å². The molecule has 0 unspecified atom stereocenters. The Morgan fingerprint density at radius 2 is 1.91 bits per heavy atom. The Morgan fingerprint density at radius 1 is 1.12 bits per heavy atom. The van der Waals surface area contributed by atoms with Crippen molar-refractivity contribution in [1.29, 1.82) is 0 Å². The summed E-state index contributed by atoms with van der Waals surface area (Å²) in [6.07, 6.45) is 4.36. The van der Waals surface area contributed by atoms with Crippen molar-refractivity contribution in [2.75, 3.05) is 60.9 Å². The molecule has 0 amide bonds. The molecule has 1 fully saturated rings. The number of benzene rings is 1. The largest absolute Gasteiger partial charge is 0.378 e. The summed E-state index contributed by atoms with van der Waals surface area (Å²) in [6, 6.07) is 9.46. The highest BCUT2D eigenvalue weighted by Crippen LogP contribution is 2.28. The zero-order valence-electron chi connectivity index (χ0n) is 18.3. The highest BCUT2D eigenvalue weighted by molar-refractivity contribution is 6.33. The minimum Gasteiger partial charge on any atom is -0.378 e. The van der Waals surface area contributed by atoms with Crippen molar-refractivity contribution in [1.82, 2.24) is 15.0 Å². The van der Waals surface area contributed by atoms with Crippen molar-refractivity contribution < 1.29 is 9.13 Å². The zero-order valence-corrected chi connectivity index (χ0v) is 19.1. The molecule has 33 heavy (non-hydrogen) atoms. The number of hydrogen-bond donors (Lipinski definition) is 2. The second-order valence-corrected chi connectivity index (χ2v) is 7.90. The van der Waals surface area contributed by atoms with E-state index in [0.717, 1.165) is 23.3 Å². The molecule has 1 aliphatic heterocycles. The maximum Gasteiger partial charge on any atom is 0.245 e. The molecular weight excluding hydrogens is 447 g/mol. The number of aromatic nitrogens is 3. The number of nitrogens with one attached hydrogen (secondary N) is 2. The Balaban J connectivity index is 1.36. The molecule has 0 bridgehead atoms. The van der Waals surface area contributed by atoms with Crippen molar-refractivity contribution in [3.8, 4) is 0 Å². The van der Waals surface area contributed by atoms with Gasteiger partial charge in [-0.3, -0.25) is 4.98 Å². The van der Waals surface area contributed by atoms with E-state index in [4.69, 9.17) is 16.3 Å². The topological polar surface area (TPSA) is 90.8 Å². The van der Waals surface area contributed by atoms with Crippen LogP contribution in [-0.2, 0) is 4.74 Å². The number of pyridine rings is 1. The number of anilines is 5. The minimum atomic E-state index is -0.478.